The molecule has 3 N–H and O–H groups in total. The Balaban J connectivity index is 2.52. The van der Waals surface area contributed by atoms with Crippen LogP contribution in [0.2, 0.25) is 5.02 Å². The molecule has 1 aromatic carbocycles. The molecule has 0 unspecified atom stereocenters. The van der Waals surface area contributed by atoms with Crippen molar-refractivity contribution in [3.05, 3.63) is 38.9 Å². The quantitative estimate of drug-likeness (QED) is 0.833. The third kappa shape index (κ3) is 1.76. The molecule has 104 valence electrons. The van der Waals surface area contributed by atoms with Gasteiger partial charge in [-0.25, -0.2) is 9.18 Å². The Kier molecular flexibility index (Phi) is 2.72. The summed E-state index contributed by atoms with van der Waals surface area (Å²) in [5.74, 6) is -2.18. The van der Waals surface area contributed by atoms with Gasteiger partial charge in [-0.2, -0.15) is 0 Å². The Morgan fingerprint density at radius 2 is 2.15 bits per heavy atom. The summed E-state index contributed by atoms with van der Waals surface area (Å²) in [6.07, 6.45) is 2.96. The van der Waals surface area contributed by atoms with Gasteiger partial charge in [0, 0.05) is 12.2 Å². The van der Waals surface area contributed by atoms with Crippen LogP contribution in [0.5, 0.6) is 0 Å². The Labute approximate surface area is 117 Å². The van der Waals surface area contributed by atoms with Gasteiger partial charge in [0.05, 0.1) is 16.6 Å². The molecular weight excluding hydrogens is 287 g/mol. The molecule has 20 heavy (non-hydrogen) atoms. The number of hydrogen-bond acceptors (Lipinski definition) is 3. The van der Waals surface area contributed by atoms with Gasteiger partial charge >= 0.3 is 5.97 Å². The van der Waals surface area contributed by atoms with Gasteiger partial charge in [0.25, 0.3) is 0 Å². The zero-order chi connectivity index (χ0) is 14.6. The van der Waals surface area contributed by atoms with E-state index in [1.54, 1.807) is 4.57 Å². The maximum atomic E-state index is 13.7. The summed E-state index contributed by atoms with van der Waals surface area (Å²) in [6.45, 7) is 0. The SMILES string of the molecule is Nc1c(Cl)c(F)cc2c(=O)c(C(=O)O)cn(C3CC3)c12. The van der Waals surface area contributed by atoms with E-state index in [-0.39, 0.29) is 22.1 Å². The van der Waals surface area contributed by atoms with E-state index in [1.165, 1.54) is 6.20 Å². The van der Waals surface area contributed by atoms with Gasteiger partial charge in [-0.1, -0.05) is 11.6 Å². The number of halogens is 2. The number of rotatable bonds is 2. The minimum Gasteiger partial charge on any atom is -0.477 e. The molecule has 1 fully saturated rings. The van der Waals surface area contributed by atoms with Crippen LogP contribution in [0.4, 0.5) is 10.1 Å². The maximum Gasteiger partial charge on any atom is 0.341 e. The van der Waals surface area contributed by atoms with Crippen molar-refractivity contribution in [2.24, 2.45) is 0 Å². The highest BCUT2D eigenvalue weighted by atomic mass is 35.5. The number of nitrogens with zero attached hydrogens (tertiary/aromatic N) is 1. The fourth-order valence-electron chi connectivity index (χ4n) is 2.29. The minimum atomic E-state index is -1.35. The summed E-state index contributed by atoms with van der Waals surface area (Å²) in [6, 6.07) is 1.02. The number of carboxylic acid groups (broad SMARTS) is 1. The van der Waals surface area contributed by atoms with Gasteiger partial charge in [0.1, 0.15) is 16.4 Å². The molecular formula is C13H10ClFN2O3. The first kappa shape index (κ1) is 12.9. The molecule has 1 heterocycles. The monoisotopic (exact) mass is 296 g/mol. The van der Waals surface area contributed by atoms with Crippen LogP contribution in [0.25, 0.3) is 10.9 Å². The number of anilines is 1. The molecule has 0 aliphatic heterocycles. The van der Waals surface area contributed by atoms with E-state index >= 15 is 0 Å². The Morgan fingerprint density at radius 3 is 2.70 bits per heavy atom. The normalized spacial score (nSPS) is 14.7. The lowest BCUT2D eigenvalue weighted by Crippen LogP contribution is -2.19. The molecule has 1 aliphatic carbocycles. The van der Waals surface area contributed by atoms with E-state index in [9.17, 15) is 14.0 Å². The van der Waals surface area contributed by atoms with Crippen molar-refractivity contribution in [3.8, 4) is 0 Å². The van der Waals surface area contributed by atoms with Crippen molar-refractivity contribution >= 4 is 34.2 Å². The van der Waals surface area contributed by atoms with Crippen LogP contribution in [0, 0.1) is 5.82 Å². The van der Waals surface area contributed by atoms with E-state index < -0.39 is 22.8 Å². The van der Waals surface area contributed by atoms with Gasteiger partial charge in [0.2, 0.25) is 5.43 Å². The average molecular weight is 297 g/mol. The number of hydrogen-bond donors (Lipinski definition) is 2. The second-order valence-electron chi connectivity index (χ2n) is 4.80. The van der Waals surface area contributed by atoms with Crippen LogP contribution in [0.3, 0.4) is 0 Å². The number of benzene rings is 1. The average Bonchev–Trinajstić information content (AvgIpc) is 3.21. The Hall–Kier alpha value is -2.08. The van der Waals surface area contributed by atoms with Crippen molar-refractivity contribution in [2.45, 2.75) is 18.9 Å². The second kappa shape index (κ2) is 4.21. The number of carboxylic acids is 1. The fraction of sp³-hybridized carbons (Fsp3) is 0.231. The molecule has 0 saturated heterocycles. The molecule has 0 atom stereocenters. The molecule has 3 rings (SSSR count). The van der Waals surface area contributed by atoms with Crippen LogP contribution in [0.1, 0.15) is 29.2 Å². The number of nitrogens with two attached hydrogens (primary N) is 1. The third-order valence-electron chi connectivity index (χ3n) is 3.41. The largest absolute Gasteiger partial charge is 0.477 e. The van der Waals surface area contributed by atoms with E-state index in [4.69, 9.17) is 22.4 Å². The topological polar surface area (TPSA) is 85.3 Å². The van der Waals surface area contributed by atoms with Crippen LogP contribution in [-0.2, 0) is 0 Å². The summed E-state index contributed by atoms with van der Waals surface area (Å²) in [5.41, 5.74) is 4.91. The molecule has 7 heteroatoms. The molecule has 0 spiro atoms. The zero-order valence-corrected chi connectivity index (χ0v) is 10.9. The second-order valence-corrected chi connectivity index (χ2v) is 5.18. The molecule has 5 nitrogen and oxygen atoms in total. The molecule has 2 aromatic rings. The lowest BCUT2D eigenvalue weighted by Gasteiger charge is -2.14. The summed E-state index contributed by atoms with van der Waals surface area (Å²) < 4.78 is 15.3. The Morgan fingerprint density at radius 1 is 1.50 bits per heavy atom. The number of carbonyl (C=O) groups is 1. The first-order valence-electron chi connectivity index (χ1n) is 5.97. The standard InChI is InChI=1S/C13H10ClFN2O3/c14-9-8(15)3-6-11(10(9)16)17(5-1-2-5)4-7(12(6)18)13(19)20/h3-5H,1-2,16H2,(H,19,20). The number of nitrogen functional groups attached to an aromatic ring is 1. The van der Waals surface area contributed by atoms with Crippen molar-refractivity contribution in [3.63, 3.8) is 0 Å². The highest BCUT2D eigenvalue weighted by molar-refractivity contribution is 6.34. The van der Waals surface area contributed by atoms with E-state index in [0.29, 0.717) is 5.52 Å². The highest BCUT2D eigenvalue weighted by Gasteiger charge is 2.28. The van der Waals surface area contributed by atoms with Crippen LogP contribution in [-0.4, -0.2) is 15.6 Å². The minimum absolute atomic E-state index is 0.0393. The summed E-state index contributed by atoms with van der Waals surface area (Å²) in [7, 11) is 0. The zero-order valence-electron chi connectivity index (χ0n) is 10.2. The first-order valence-corrected chi connectivity index (χ1v) is 6.35. The maximum absolute atomic E-state index is 13.7. The van der Waals surface area contributed by atoms with E-state index in [1.807, 2.05) is 0 Å². The predicted molar refractivity (Wildman–Crippen MR) is 72.8 cm³/mol. The van der Waals surface area contributed by atoms with E-state index in [0.717, 1.165) is 18.9 Å². The van der Waals surface area contributed by atoms with Gasteiger partial charge in [-0.05, 0) is 18.9 Å². The third-order valence-corrected chi connectivity index (χ3v) is 3.80. The summed E-state index contributed by atoms with van der Waals surface area (Å²) in [4.78, 5) is 23.3. The van der Waals surface area contributed by atoms with Crippen molar-refractivity contribution in [1.82, 2.24) is 4.57 Å². The van der Waals surface area contributed by atoms with Gasteiger partial charge in [-0.3, -0.25) is 4.79 Å². The summed E-state index contributed by atoms with van der Waals surface area (Å²) in [5, 5.41) is 8.77. The smallest absolute Gasteiger partial charge is 0.341 e. The van der Waals surface area contributed by atoms with Gasteiger partial charge in [-0.15, -0.1) is 0 Å². The molecule has 1 saturated carbocycles. The predicted octanol–water partition coefficient (Wildman–Crippen LogP) is 2.41. The van der Waals surface area contributed by atoms with Crippen molar-refractivity contribution < 1.29 is 14.3 Å². The fourth-order valence-corrected chi connectivity index (χ4v) is 2.43. The number of fused-ring (bicyclic) bond motifs is 1. The first-order chi connectivity index (χ1) is 9.41. The van der Waals surface area contributed by atoms with Crippen molar-refractivity contribution in [1.29, 1.82) is 0 Å². The molecule has 0 amide bonds. The van der Waals surface area contributed by atoms with Crippen LogP contribution >= 0.6 is 11.6 Å². The van der Waals surface area contributed by atoms with Crippen molar-refractivity contribution in [2.75, 3.05) is 5.73 Å². The van der Waals surface area contributed by atoms with Crippen LogP contribution in [0.15, 0.2) is 17.1 Å². The van der Waals surface area contributed by atoms with Crippen LogP contribution < -0.4 is 11.2 Å². The number of pyridine rings is 1. The molecule has 1 aromatic heterocycles. The highest BCUT2D eigenvalue weighted by Crippen LogP contribution is 2.40. The number of aromatic carboxylic acids is 1. The molecule has 1 aliphatic rings. The lowest BCUT2D eigenvalue weighted by molar-refractivity contribution is 0.0695. The van der Waals surface area contributed by atoms with E-state index in [2.05, 4.69) is 0 Å². The van der Waals surface area contributed by atoms with Gasteiger partial charge < -0.3 is 15.4 Å². The molecule has 0 bridgehead atoms. The molecule has 0 radical (unpaired) electrons. The number of aromatic nitrogens is 1. The Bertz CT molecular complexity index is 812. The lowest BCUT2D eigenvalue weighted by atomic mass is 10.1. The summed E-state index contributed by atoms with van der Waals surface area (Å²) >= 11 is 5.78. The van der Waals surface area contributed by atoms with Gasteiger partial charge in [0.15, 0.2) is 0 Å².